The van der Waals surface area contributed by atoms with Crippen molar-refractivity contribution in [3.8, 4) is 0 Å². The third-order valence-electron chi connectivity index (χ3n) is 3.58. The van der Waals surface area contributed by atoms with Crippen molar-refractivity contribution in [2.75, 3.05) is 19.6 Å². The highest BCUT2D eigenvalue weighted by Crippen LogP contribution is 2.23. The van der Waals surface area contributed by atoms with Crippen LogP contribution in [0.3, 0.4) is 0 Å². The molecular weight excluding hydrogens is 324 g/mol. The molecule has 1 atom stereocenters. The van der Waals surface area contributed by atoms with Crippen molar-refractivity contribution < 1.29 is 0 Å². The summed E-state index contributed by atoms with van der Waals surface area (Å²) in [6, 6.07) is 6.69. The second kappa shape index (κ2) is 7.63. The van der Waals surface area contributed by atoms with E-state index in [-0.39, 0.29) is 0 Å². The lowest BCUT2D eigenvalue weighted by atomic mass is 10.1. The lowest BCUT2D eigenvalue weighted by Gasteiger charge is -2.25. The van der Waals surface area contributed by atoms with Gasteiger partial charge in [0.2, 0.25) is 0 Å². The lowest BCUT2D eigenvalue weighted by molar-refractivity contribution is 0.241. The van der Waals surface area contributed by atoms with Gasteiger partial charge in [-0.25, -0.2) is 0 Å². The molecule has 0 bridgehead atoms. The Bertz CT molecular complexity index is 405. The molecular formula is C15H22BrClN2. The Morgan fingerprint density at radius 1 is 1.47 bits per heavy atom. The third kappa shape index (κ3) is 4.75. The van der Waals surface area contributed by atoms with E-state index in [1.807, 2.05) is 12.1 Å². The maximum atomic E-state index is 6.10. The molecule has 1 aromatic carbocycles. The van der Waals surface area contributed by atoms with Crippen LogP contribution in [0.5, 0.6) is 0 Å². The minimum absolute atomic E-state index is 0.657. The first-order valence-electron chi connectivity index (χ1n) is 7.08. The Kier molecular flexibility index (Phi) is 6.14. The Balaban J connectivity index is 2.00. The van der Waals surface area contributed by atoms with Crippen molar-refractivity contribution in [3.63, 3.8) is 0 Å². The van der Waals surface area contributed by atoms with Crippen LogP contribution in [0.25, 0.3) is 0 Å². The Labute approximate surface area is 129 Å². The molecule has 1 aliphatic rings. The summed E-state index contributed by atoms with van der Waals surface area (Å²) in [5, 5.41) is 4.39. The van der Waals surface area contributed by atoms with Crippen molar-refractivity contribution in [1.29, 1.82) is 0 Å². The van der Waals surface area contributed by atoms with Gasteiger partial charge >= 0.3 is 0 Å². The van der Waals surface area contributed by atoms with Gasteiger partial charge in [0.25, 0.3) is 0 Å². The SMILES string of the molecule is CCCN(Cc1cc(Cl)ccc1Br)CC1CCCN1. The van der Waals surface area contributed by atoms with Crippen LogP contribution in [-0.2, 0) is 6.54 Å². The normalized spacial score (nSPS) is 19.3. The molecule has 2 nitrogen and oxygen atoms in total. The van der Waals surface area contributed by atoms with E-state index in [1.54, 1.807) is 0 Å². The van der Waals surface area contributed by atoms with Gasteiger partial charge in [-0.3, -0.25) is 4.90 Å². The van der Waals surface area contributed by atoms with E-state index in [4.69, 9.17) is 11.6 Å². The highest BCUT2D eigenvalue weighted by molar-refractivity contribution is 9.10. The smallest absolute Gasteiger partial charge is 0.0410 e. The van der Waals surface area contributed by atoms with Crippen LogP contribution < -0.4 is 5.32 Å². The summed E-state index contributed by atoms with van der Waals surface area (Å²) in [5.41, 5.74) is 1.28. The average molecular weight is 346 g/mol. The van der Waals surface area contributed by atoms with Gasteiger partial charge in [0, 0.05) is 28.6 Å². The molecule has 2 rings (SSSR count). The quantitative estimate of drug-likeness (QED) is 0.836. The summed E-state index contributed by atoms with van der Waals surface area (Å²) in [6.07, 6.45) is 3.80. The van der Waals surface area contributed by atoms with Crippen LogP contribution in [-0.4, -0.2) is 30.6 Å². The lowest BCUT2D eigenvalue weighted by Crippen LogP contribution is -2.37. The molecule has 0 saturated carbocycles. The first-order valence-corrected chi connectivity index (χ1v) is 8.26. The molecule has 0 radical (unpaired) electrons. The fraction of sp³-hybridized carbons (Fsp3) is 0.600. The first kappa shape index (κ1) is 15.3. The number of halogens is 2. The molecule has 0 amide bonds. The zero-order valence-corrected chi connectivity index (χ0v) is 13.8. The predicted octanol–water partition coefficient (Wildman–Crippen LogP) is 4.07. The largest absolute Gasteiger partial charge is 0.313 e. The number of nitrogens with one attached hydrogen (secondary N) is 1. The molecule has 19 heavy (non-hydrogen) atoms. The topological polar surface area (TPSA) is 15.3 Å². The van der Waals surface area contributed by atoms with Crippen LogP contribution in [0, 0.1) is 0 Å². The van der Waals surface area contributed by atoms with Gasteiger partial charge in [-0.2, -0.15) is 0 Å². The summed E-state index contributed by atoms with van der Waals surface area (Å²) < 4.78 is 1.15. The molecule has 1 aromatic rings. The average Bonchev–Trinajstić information content (AvgIpc) is 2.87. The third-order valence-corrected chi connectivity index (χ3v) is 4.59. The van der Waals surface area contributed by atoms with Crippen molar-refractivity contribution in [2.45, 2.75) is 38.8 Å². The fourth-order valence-corrected chi connectivity index (χ4v) is 3.25. The Morgan fingerprint density at radius 2 is 2.32 bits per heavy atom. The van der Waals surface area contributed by atoms with Crippen molar-refractivity contribution in [2.24, 2.45) is 0 Å². The fourth-order valence-electron chi connectivity index (χ4n) is 2.68. The minimum atomic E-state index is 0.657. The molecule has 4 heteroatoms. The summed E-state index contributed by atoms with van der Waals surface area (Å²) in [5.74, 6) is 0. The number of hydrogen-bond donors (Lipinski definition) is 1. The zero-order valence-electron chi connectivity index (χ0n) is 11.5. The monoisotopic (exact) mass is 344 g/mol. The molecule has 1 fully saturated rings. The van der Waals surface area contributed by atoms with Gasteiger partial charge in [0.05, 0.1) is 0 Å². The Hall–Kier alpha value is -0.0900. The van der Waals surface area contributed by atoms with Gasteiger partial charge in [0.15, 0.2) is 0 Å². The molecule has 0 aliphatic carbocycles. The summed E-state index contributed by atoms with van der Waals surface area (Å²) in [7, 11) is 0. The highest BCUT2D eigenvalue weighted by Gasteiger charge is 2.18. The predicted molar refractivity (Wildman–Crippen MR) is 85.7 cm³/mol. The van der Waals surface area contributed by atoms with Gasteiger partial charge in [0.1, 0.15) is 0 Å². The van der Waals surface area contributed by atoms with E-state index >= 15 is 0 Å². The van der Waals surface area contributed by atoms with E-state index in [2.05, 4.69) is 39.1 Å². The molecule has 1 N–H and O–H groups in total. The molecule has 1 saturated heterocycles. The number of nitrogens with zero attached hydrogens (tertiary/aromatic N) is 1. The maximum absolute atomic E-state index is 6.10. The molecule has 0 aromatic heterocycles. The van der Waals surface area contributed by atoms with Gasteiger partial charge < -0.3 is 5.32 Å². The second-order valence-electron chi connectivity index (χ2n) is 5.26. The molecule has 1 aliphatic heterocycles. The maximum Gasteiger partial charge on any atom is 0.0410 e. The molecule has 106 valence electrons. The van der Waals surface area contributed by atoms with Gasteiger partial charge in [-0.15, -0.1) is 0 Å². The molecule has 0 spiro atoms. The minimum Gasteiger partial charge on any atom is -0.313 e. The van der Waals surface area contributed by atoms with Crippen molar-refractivity contribution >= 4 is 27.5 Å². The van der Waals surface area contributed by atoms with E-state index in [0.29, 0.717) is 6.04 Å². The Morgan fingerprint density at radius 3 is 3.00 bits per heavy atom. The van der Waals surface area contributed by atoms with Crippen LogP contribution in [0.15, 0.2) is 22.7 Å². The first-order chi connectivity index (χ1) is 9.19. The zero-order chi connectivity index (χ0) is 13.7. The number of rotatable bonds is 6. The van der Waals surface area contributed by atoms with Crippen LogP contribution in [0.4, 0.5) is 0 Å². The molecule has 1 heterocycles. The summed E-state index contributed by atoms with van der Waals surface area (Å²) in [4.78, 5) is 2.53. The van der Waals surface area contributed by atoms with Crippen molar-refractivity contribution in [1.82, 2.24) is 10.2 Å². The van der Waals surface area contributed by atoms with Gasteiger partial charge in [-0.1, -0.05) is 34.5 Å². The van der Waals surface area contributed by atoms with Crippen LogP contribution in [0.1, 0.15) is 31.7 Å². The number of hydrogen-bond acceptors (Lipinski definition) is 2. The van der Waals surface area contributed by atoms with Crippen LogP contribution in [0.2, 0.25) is 5.02 Å². The second-order valence-corrected chi connectivity index (χ2v) is 6.55. The summed E-state index contributed by atoms with van der Waals surface area (Å²) in [6.45, 7) is 6.64. The van der Waals surface area contributed by atoms with E-state index in [0.717, 1.165) is 29.1 Å². The molecule has 1 unspecified atom stereocenters. The van der Waals surface area contributed by atoms with Crippen molar-refractivity contribution in [3.05, 3.63) is 33.3 Å². The van der Waals surface area contributed by atoms with E-state index in [9.17, 15) is 0 Å². The van der Waals surface area contributed by atoms with Crippen LogP contribution >= 0.6 is 27.5 Å². The summed E-state index contributed by atoms with van der Waals surface area (Å²) >= 11 is 9.72. The highest BCUT2D eigenvalue weighted by atomic mass is 79.9. The standard InChI is InChI=1S/C15H22BrClN2/c1-2-8-19(11-14-4-3-7-18-14)10-12-9-13(17)5-6-15(12)16/h5-6,9,14,18H,2-4,7-8,10-11H2,1H3. The van der Waals surface area contributed by atoms with E-state index < -0.39 is 0 Å². The van der Waals surface area contributed by atoms with Gasteiger partial charge in [-0.05, 0) is 56.1 Å². The number of benzene rings is 1. The van der Waals surface area contributed by atoms with E-state index in [1.165, 1.54) is 31.4 Å².